The van der Waals surface area contributed by atoms with E-state index in [0.717, 1.165) is 16.1 Å². The summed E-state index contributed by atoms with van der Waals surface area (Å²) in [5, 5.41) is 32.1. The molecule has 0 saturated carbocycles. The van der Waals surface area contributed by atoms with Crippen molar-refractivity contribution in [2.24, 2.45) is 0 Å². The van der Waals surface area contributed by atoms with Gasteiger partial charge in [0, 0.05) is 0 Å². The summed E-state index contributed by atoms with van der Waals surface area (Å²) in [6, 6.07) is 9.52. The van der Waals surface area contributed by atoms with Crippen molar-refractivity contribution >= 4 is 17.0 Å². The number of allylic oxidation sites excluding steroid dienone is 4. The van der Waals surface area contributed by atoms with Gasteiger partial charge in [-0.05, 0) is 30.0 Å². The number of dihydropyridines is 1. The van der Waals surface area contributed by atoms with Gasteiger partial charge < -0.3 is 5.32 Å². The summed E-state index contributed by atoms with van der Waals surface area (Å²) in [4.78, 5) is 0.990. The quantitative estimate of drug-likeness (QED) is 0.790. The Labute approximate surface area is 114 Å². The van der Waals surface area contributed by atoms with E-state index in [1.807, 2.05) is 41.8 Å². The van der Waals surface area contributed by atoms with Crippen molar-refractivity contribution in [1.82, 2.24) is 5.32 Å². The van der Waals surface area contributed by atoms with Gasteiger partial charge in [-0.25, -0.2) is 0 Å². The highest BCUT2D eigenvalue weighted by molar-refractivity contribution is 7.11. The highest BCUT2D eigenvalue weighted by Gasteiger charge is 2.20. The van der Waals surface area contributed by atoms with Gasteiger partial charge >= 0.3 is 0 Å². The molecule has 5 heteroatoms. The lowest BCUT2D eigenvalue weighted by molar-refractivity contribution is 1.06. The first-order chi connectivity index (χ1) is 9.21. The standard InChI is InChI=1S/C14H8N4S/c1-9-5-12(13-3-2-4-19-13)18-14(11(9)8-17)10(6-15)7-16/h2-5,18H,1H3. The maximum Gasteiger partial charge on any atom is 0.154 e. The van der Waals surface area contributed by atoms with Gasteiger partial charge in [0.05, 0.1) is 21.8 Å². The molecule has 0 atom stereocenters. The molecule has 0 aromatic carbocycles. The molecular formula is C14H8N4S. The summed E-state index contributed by atoms with van der Waals surface area (Å²) >= 11 is 1.54. The summed E-state index contributed by atoms with van der Waals surface area (Å²) < 4.78 is 0. The molecule has 0 aliphatic carbocycles. The molecule has 0 unspecified atom stereocenters. The first kappa shape index (κ1) is 12.6. The Hall–Kier alpha value is -2.81. The molecule has 90 valence electrons. The molecule has 0 amide bonds. The van der Waals surface area contributed by atoms with Gasteiger partial charge in [-0.1, -0.05) is 6.07 Å². The third-order valence-electron chi connectivity index (χ3n) is 2.64. The fourth-order valence-electron chi connectivity index (χ4n) is 1.75. The van der Waals surface area contributed by atoms with Crippen LogP contribution in [-0.2, 0) is 0 Å². The number of thiophene rings is 1. The van der Waals surface area contributed by atoms with Crippen LogP contribution < -0.4 is 5.32 Å². The van der Waals surface area contributed by atoms with Crippen LogP contribution in [0.1, 0.15) is 11.8 Å². The van der Waals surface area contributed by atoms with Gasteiger partial charge in [0.1, 0.15) is 18.2 Å². The van der Waals surface area contributed by atoms with E-state index < -0.39 is 0 Å². The molecule has 1 aliphatic heterocycles. The molecule has 1 aromatic heterocycles. The molecule has 0 fully saturated rings. The second-order valence-electron chi connectivity index (χ2n) is 3.80. The zero-order valence-corrected chi connectivity index (χ0v) is 10.9. The third-order valence-corrected chi connectivity index (χ3v) is 3.54. The Morgan fingerprint density at radius 3 is 2.53 bits per heavy atom. The minimum absolute atomic E-state index is 0.0851. The van der Waals surface area contributed by atoms with E-state index in [0.29, 0.717) is 5.57 Å². The molecular weight excluding hydrogens is 256 g/mol. The number of nitriles is 3. The van der Waals surface area contributed by atoms with Gasteiger partial charge in [-0.15, -0.1) is 11.3 Å². The van der Waals surface area contributed by atoms with Crippen molar-refractivity contribution in [3.8, 4) is 18.2 Å². The molecule has 0 saturated heterocycles. The van der Waals surface area contributed by atoms with E-state index in [-0.39, 0.29) is 11.3 Å². The minimum atomic E-state index is -0.0851. The molecule has 0 spiro atoms. The van der Waals surface area contributed by atoms with E-state index in [2.05, 4.69) is 5.32 Å². The highest BCUT2D eigenvalue weighted by Crippen LogP contribution is 2.29. The van der Waals surface area contributed by atoms with Crippen LogP contribution in [0.3, 0.4) is 0 Å². The summed E-state index contributed by atoms with van der Waals surface area (Å²) in [6.07, 6.45) is 1.85. The maximum absolute atomic E-state index is 9.16. The van der Waals surface area contributed by atoms with E-state index in [4.69, 9.17) is 15.8 Å². The number of hydrogen-bond donors (Lipinski definition) is 1. The molecule has 1 N–H and O–H groups in total. The lowest BCUT2D eigenvalue weighted by Crippen LogP contribution is -2.19. The predicted octanol–water partition coefficient (Wildman–Crippen LogP) is 2.83. The molecule has 0 bridgehead atoms. The minimum Gasteiger partial charge on any atom is -0.352 e. The van der Waals surface area contributed by atoms with E-state index in [1.54, 1.807) is 18.3 Å². The maximum atomic E-state index is 9.16. The molecule has 1 aromatic rings. The summed E-state index contributed by atoms with van der Waals surface area (Å²) in [5.74, 6) is 0. The highest BCUT2D eigenvalue weighted by atomic mass is 32.1. The molecule has 2 heterocycles. The van der Waals surface area contributed by atoms with Crippen LogP contribution in [0.15, 0.2) is 46.0 Å². The Balaban J connectivity index is 2.62. The first-order valence-corrected chi connectivity index (χ1v) is 6.27. The third kappa shape index (κ3) is 2.26. The van der Waals surface area contributed by atoms with Crippen LogP contribution in [-0.4, -0.2) is 0 Å². The SMILES string of the molecule is CC1=C(C#N)C(=C(C#N)C#N)NC(c2cccs2)=C1. The van der Waals surface area contributed by atoms with Gasteiger partial charge in [0.25, 0.3) is 0 Å². The molecule has 1 aliphatic rings. The van der Waals surface area contributed by atoms with E-state index in [9.17, 15) is 0 Å². The van der Waals surface area contributed by atoms with Crippen LogP contribution in [0, 0.1) is 34.0 Å². The van der Waals surface area contributed by atoms with Crippen molar-refractivity contribution in [3.63, 3.8) is 0 Å². The average molecular weight is 264 g/mol. The normalized spacial score (nSPS) is 13.8. The van der Waals surface area contributed by atoms with Crippen LogP contribution in [0.5, 0.6) is 0 Å². The molecule has 19 heavy (non-hydrogen) atoms. The fourth-order valence-corrected chi connectivity index (χ4v) is 2.45. The monoisotopic (exact) mass is 264 g/mol. The number of rotatable bonds is 1. The summed E-state index contributed by atoms with van der Waals surface area (Å²) in [6.45, 7) is 1.79. The van der Waals surface area contributed by atoms with Crippen molar-refractivity contribution in [1.29, 1.82) is 15.8 Å². The topological polar surface area (TPSA) is 83.4 Å². The fraction of sp³-hybridized carbons (Fsp3) is 0.0714. The van der Waals surface area contributed by atoms with Crippen molar-refractivity contribution < 1.29 is 0 Å². The van der Waals surface area contributed by atoms with Gasteiger partial charge in [0.2, 0.25) is 0 Å². The number of nitrogens with zero attached hydrogens (tertiary/aromatic N) is 3. The van der Waals surface area contributed by atoms with Crippen LogP contribution in [0.25, 0.3) is 5.70 Å². The van der Waals surface area contributed by atoms with Gasteiger partial charge in [0.15, 0.2) is 5.57 Å². The number of nitrogens with one attached hydrogen (secondary N) is 1. The average Bonchev–Trinajstić information content (AvgIpc) is 2.93. The first-order valence-electron chi connectivity index (χ1n) is 5.39. The lowest BCUT2D eigenvalue weighted by Gasteiger charge is -2.19. The Bertz CT molecular complexity index is 712. The Kier molecular flexibility index (Phi) is 3.48. The van der Waals surface area contributed by atoms with Gasteiger partial charge in [-0.3, -0.25) is 0 Å². The molecule has 0 radical (unpaired) electrons. The van der Waals surface area contributed by atoms with Crippen molar-refractivity contribution in [3.05, 3.63) is 50.9 Å². The van der Waals surface area contributed by atoms with E-state index in [1.165, 1.54) is 0 Å². The lowest BCUT2D eigenvalue weighted by atomic mass is 9.98. The summed E-state index contributed by atoms with van der Waals surface area (Å²) in [7, 11) is 0. The van der Waals surface area contributed by atoms with Crippen molar-refractivity contribution in [2.45, 2.75) is 6.92 Å². The van der Waals surface area contributed by atoms with Crippen LogP contribution in [0.2, 0.25) is 0 Å². The Morgan fingerprint density at radius 1 is 1.26 bits per heavy atom. The largest absolute Gasteiger partial charge is 0.352 e. The smallest absolute Gasteiger partial charge is 0.154 e. The molecule has 2 rings (SSSR count). The van der Waals surface area contributed by atoms with Gasteiger partial charge in [-0.2, -0.15) is 15.8 Å². The zero-order valence-electron chi connectivity index (χ0n) is 10.1. The number of hydrogen-bond acceptors (Lipinski definition) is 5. The predicted molar refractivity (Wildman–Crippen MR) is 72.0 cm³/mol. The second-order valence-corrected chi connectivity index (χ2v) is 4.75. The van der Waals surface area contributed by atoms with Crippen molar-refractivity contribution in [2.75, 3.05) is 0 Å². The van der Waals surface area contributed by atoms with Crippen LogP contribution in [0.4, 0.5) is 0 Å². The summed E-state index contributed by atoms with van der Waals surface area (Å²) in [5.41, 5.74) is 2.07. The second kappa shape index (κ2) is 5.23. The zero-order chi connectivity index (χ0) is 13.8. The van der Waals surface area contributed by atoms with E-state index >= 15 is 0 Å². The van der Waals surface area contributed by atoms with Crippen LogP contribution >= 0.6 is 11.3 Å². The molecule has 4 nitrogen and oxygen atoms in total. The Morgan fingerprint density at radius 2 is 2.00 bits per heavy atom.